The van der Waals surface area contributed by atoms with E-state index in [9.17, 15) is 9.59 Å². The summed E-state index contributed by atoms with van der Waals surface area (Å²) in [5.41, 5.74) is 1.96. The molecule has 0 unspecified atom stereocenters. The number of fused-ring (bicyclic) bond motifs is 1. The van der Waals surface area contributed by atoms with Gasteiger partial charge in [-0.25, -0.2) is 9.79 Å². The molecule has 4 aromatic rings. The van der Waals surface area contributed by atoms with Crippen LogP contribution < -0.4 is 19.6 Å². The van der Waals surface area contributed by atoms with Crippen LogP contribution in [0.15, 0.2) is 86.5 Å². The molecule has 9 heteroatoms. The van der Waals surface area contributed by atoms with Crippen LogP contribution in [0.5, 0.6) is 5.75 Å². The monoisotopic (exact) mass is 612 g/mol. The maximum atomic E-state index is 13.8. The minimum atomic E-state index is -0.760. The molecule has 1 aliphatic heterocycles. The molecule has 0 bridgehead atoms. The Morgan fingerprint density at radius 2 is 1.97 bits per heavy atom. The number of aromatic nitrogens is 1. The van der Waals surface area contributed by atoms with Crippen molar-refractivity contribution in [3.8, 4) is 5.75 Å². The number of furan rings is 1. The van der Waals surface area contributed by atoms with E-state index in [1.807, 2.05) is 60.7 Å². The lowest BCUT2D eigenvalue weighted by atomic mass is 9.93. The predicted molar refractivity (Wildman–Crippen MR) is 145 cm³/mol. The first-order valence-electron chi connectivity index (χ1n) is 11.2. The minimum Gasteiger partial charge on any atom is -0.497 e. The van der Waals surface area contributed by atoms with Gasteiger partial charge in [0, 0.05) is 11.6 Å². The average Bonchev–Trinajstić information content (AvgIpc) is 3.45. The third kappa shape index (κ3) is 4.56. The van der Waals surface area contributed by atoms with E-state index in [0.29, 0.717) is 37.7 Å². The zero-order valence-electron chi connectivity index (χ0n) is 19.4. The molecule has 0 saturated heterocycles. The fourth-order valence-electron chi connectivity index (χ4n) is 4.10. The Bertz CT molecular complexity index is 1650. The minimum absolute atomic E-state index is 0.191. The molecule has 1 aliphatic rings. The van der Waals surface area contributed by atoms with Gasteiger partial charge in [0.2, 0.25) is 0 Å². The molecular formula is C27H21IN2O5S. The number of esters is 1. The lowest BCUT2D eigenvalue weighted by molar-refractivity contribution is -0.138. The number of hydrogen-bond acceptors (Lipinski definition) is 7. The van der Waals surface area contributed by atoms with Crippen molar-refractivity contribution >= 4 is 51.7 Å². The Morgan fingerprint density at radius 3 is 2.67 bits per heavy atom. The summed E-state index contributed by atoms with van der Waals surface area (Å²) in [4.78, 5) is 32.5. The van der Waals surface area contributed by atoms with Crippen molar-refractivity contribution in [2.75, 3.05) is 13.7 Å². The van der Waals surface area contributed by atoms with Crippen LogP contribution in [0.3, 0.4) is 0 Å². The van der Waals surface area contributed by atoms with E-state index in [2.05, 4.69) is 22.6 Å². The van der Waals surface area contributed by atoms with Gasteiger partial charge in [-0.3, -0.25) is 9.36 Å². The number of thiazole rings is 1. The lowest BCUT2D eigenvalue weighted by Gasteiger charge is -2.26. The van der Waals surface area contributed by atoms with Crippen molar-refractivity contribution in [3.63, 3.8) is 0 Å². The van der Waals surface area contributed by atoms with Crippen molar-refractivity contribution in [1.29, 1.82) is 0 Å². The second-order valence-corrected chi connectivity index (χ2v) is 9.92. The second kappa shape index (κ2) is 10.3. The first-order valence-corrected chi connectivity index (χ1v) is 13.1. The highest BCUT2D eigenvalue weighted by Gasteiger charge is 2.35. The second-order valence-electron chi connectivity index (χ2n) is 7.85. The third-order valence-electron chi connectivity index (χ3n) is 5.65. The molecule has 0 radical (unpaired) electrons. The Balaban J connectivity index is 1.84. The van der Waals surface area contributed by atoms with Gasteiger partial charge < -0.3 is 13.9 Å². The van der Waals surface area contributed by atoms with Crippen LogP contribution in [-0.2, 0) is 9.53 Å². The molecule has 0 spiro atoms. The van der Waals surface area contributed by atoms with Gasteiger partial charge in [0.25, 0.3) is 5.56 Å². The molecule has 182 valence electrons. The Hall–Kier alpha value is -3.44. The predicted octanol–water partition coefficient (Wildman–Crippen LogP) is 4.14. The number of nitrogens with zero attached hydrogens (tertiary/aromatic N) is 2. The van der Waals surface area contributed by atoms with E-state index in [1.165, 1.54) is 11.3 Å². The molecule has 36 heavy (non-hydrogen) atoms. The van der Waals surface area contributed by atoms with Crippen LogP contribution in [-0.4, -0.2) is 24.3 Å². The van der Waals surface area contributed by atoms with E-state index in [1.54, 1.807) is 30.7 Å². The van der Waals surface area contributed by atoms with Crippen LogP contribution in [0.4, 0.5) is 0 Å². The molecule has 7 nitrogen and oxygen atoms in total. The molecular weight excluding hydrogens is 591 g/mol. The van der Waals surface area contributed by atoms with E-state index >= 15 is 0 Å². The Kier molecular flexibility index (Phi) is 6.92. The van der Waals surface area contributed by atoms with Gasteiger partial charge >= 0.3 is 5.97 Å². The van der Waals surface area contributed by atoms with Gasteiger partial charge in [0.15, 0.2) is 8.57 Å². The van der Waals surface area contributed by atoms with E-state index < -0.39 is 12.0 Å². The number of carbonyl (C=O) groups excluding carboxylic acids is 1. The van der Waals surface area contributed by atoms with E-state index in [-0.39, 0.29) is 12.2 Å². The molecule has 2 aromatic heterocycles. The number of rotatable bonds is 6. The molecule has 1 atom stereocenters. The summed E-state index contributed by atoms with van der Waals surface area (Å²) in [6.45, 7) is 1.94. The van der Waals surface area contributed by atoms with Crippen LogP contribution in [0, 0.1) is 3.77 Å². The number of halogens is 1. The van der Waals surface area contributed by atoms with Crippen molar-refractivity contribution in [3.05, 3.63) is 113 Å². The third-order valence-corrected chi connectivity index (χ3v) is 7.21. The van der Waals surface area contributed by atoms with Crippen molar-refractivity contribution < 1.29 is 18.7 Å². The Labute approximate surface area is 224 Å². The highest BCUT2D eigenvalue weighted by molar-refractivity contribution is 14.1. The molecule has 0 aliphatic carbocycles. The zero-order valence-corrected chi connectivity index (χ0v) is 22.4. The van der Waals surface area contributed by atoms with Gasteiger partial charge in [-0.2, -0.15) is 0 Å². The van der Waals surface area contributed by atoms with Crippen LogP contribution in [0.2, 0.25) is 0 Å². The fourth-order valence-corrected chi connectivity index (χ4v) is 5.52. The maximum Gasteiger partial charge on any atom is 0.338 e. The molecule has 3 heterocycles. The fraction of sp³-hybridized carbons (Fsp3) is 0.148. The molecule has 0 N–H and O–H groups in total. The van der Waals surface area contributed by atoms with E-state index in [4.69, 9.17) is 18.9 Å². The van der Waals surface area contributed by atoms with E-state index in [0.717, 1.165) is 9.33 Å². The van der Waals surface area contributed by atoms with Crippen molar-refractivity contribution in [2.24, 2.45) is 4.99 Å². The van der Waals surface area contributed by atoms with Gasteiger partial charge in [-0.1, -0.05) is 53.8 Å². The molecule has 0 fully saturated rings. The average molecular weight is 612 g/mol. The number of benzene rings is 2. The van der Waals surface area contributed by atoms with Crippen LogP contribution in [0.1, 0.15) is 29.9 Å². The Morgan fingerprint density at radius 1 is 1.17 bits per heavy atom. The van der Waals surface area contributed by atoms with Crippen molar-refractivity contribution in [1.82, 2.24) is 4.57 Å². The summed E-state index contributed by atoms with van der Waals surface area (Å²) < 4.78 is 19.3. The molecule has 2 aromatic carbocycles. The quantitative estimate of drug-likeness (QED) is 0.242. The van der Waals surface area contributed by atoms with Crippen LogP contribution >= 0.6 is 33.9 Å². The normalized spacial score (nSPS) is 15.4. The first kappa shape index (κ1) is 24.3. The maximum absolute atomic E-state index is 13.8. The largest absolute Gasteiger partial charge is 0.497 e. The summed E-state index contributed by atoms with van der Waals surface area (Å²) in [6, 6.07) is 19.7. The summed E-state index contributed by atoms with van der Waals surface area (Å²) >= 11 is 3.33. The van der Waals surface area contributed by atoms with Gasteiger partial charge in [-0.05, 0) is 59.3 Å². The standard InChI is InChI=1S/C27H21IN2O5S/c1-3-34-26(32)22-23(16-8-5-4-6-9-16)29-27-30(24(22)17-10-7-11-18(14-17)33-2)25(31)20(36-27)15-19-12-13-21(28)35-19/h4-15,24H,3H2,1-2H3/t24-/m0/s1. The zero-order chi connectivity index (χ0) is 25.2. The number of hydrogen-bond donors (Lipinski definition) is 0. The molecule has 5 rings (SSSR count). The molecule has 0 saturated carbocycles. The highest BCUT2D eigenvalue weighted by Crippen LogP contribution is 2.36. The van der Waals surface area contributed by atoms with Gasteiger partial charge in [0.05, 0.1) is 35.6 Å². The van der Waals surface area contributed by atoms with Gasteiger partial charge in [0.1, 0.15) is 11.5 Å². The number of carbonyl (C=O) groups is 1. The first-order chi connectivity index (χ1) is 17.5. The van der Waals surface area contributed by atoms with Gasteiger partial charge in [-0.15, -0.1) is 0 Å². The van der Waals surface area contributed by atoms with Crippen molar-refractivity contribution in [2.45, 2.75) is 13.0 Å². The summed E-state index contributed by atoms with van der Waals surface area (Å²) in [7, 11) is 1.58. The summed E-state index contributed by atoms with van der Waals surface area (Å²) in [6.07, 6.45) is 1.70. The SMILES string of the molecule is CCOC(=O)C1=C(c2ccccc2)N=c2sc(=Cc3ccc(I)o3)c(=O)n2[C@H]1c1cccc(OC)c1. The highest BCUT2D eigenvalue weighted by atomic mass is 127. The van der Waals surface area contributed by atoms with Crippen LogP contribution in [0.25, 0.3) is 11.8 Å². The number of ether oxygens (including phenoxy) is 2. The number of methoxy groups -OCH3 is 1. The summed E-state index contributed by atoms with van der Waals surface area (Å²) in [5.74, 6) is 0.652. The molecule has 0 amide bonds. The smallest absolute Gasteiger partial charge is 0.338 e. The topological polar surface area (TPSA) is 83.0 Å². The lowest BCUT2D eigenvalue weighted by Crippen LogP contribution is -2.40. The summed E-state index contributed by atoms with van der Waals surface area (Å²) in [5, 5.41) is 0.